The number of rotatable bonds is 1. The van der Waals surface area contributed by atoms with Gasteiger partial charge in [0.25, 0.3) is 0 Å². The zero-order valence-electron chi connectivity index (χ0n) is 7.30. The molecule has 0 aliphatic heterocycles. The molecule has 0 N–H and O–H groups in total. The fourth-order valence-electron chi connectivity index (χ4n) is 1.30. The molecule has 2 rings (SSSR count). The molecule has 1 aromatic carbocycles. The maximum atomic E-state index is 6.00. The van der Waals surface area contributed by atoms with Gasteiger partial charge in [0.1, 0.15) is 0 Å². The van der Waals surface area contributed by atoms with Gasteiger partial charge in [0.2, 0.25) is 0 Å². The number of hydrogen-bond acceptors (Lipinski definition) is 1. The number of hydrogen-bond donors (Lipinski definition) is 0. The van der Waals surface area contributed by atoms with Crippen molar-refractivity contribution >= 4 is 40.2 Å². The van der Waals surface area contributed by atoms with E-state index in [0.29, 0.717) is 10.0 Å². The first-order valence-electron chi connectivity index (χ1n) is 4.08. The summed E-state index contributed by atoms with van der Waals surface area (Å²) in [6.45, 7) is 3.68. The van der Waals surface area contributed by atoms with Crippen molar-refractivity contribution in [3.05, 3.63) is 46.6 Å². The Morgan fingerprint density at radius 3 is 2.71 bits per heavy atom. The quantitative estimate of drug-likeness (QED) is 0.707. The highest BCUT2D eigenvalue weighted by Gasteiger charge is 2.01. The zero-order valence-corrected chi connectivity index (χ0v) is 8.81. The van der Waals surface area contributed by atoms with E-state index in [-0.39, 0.29) is 0 Å². The van der Waals surface area contributed by atoms with Crippen LogP contribution in [0.25, 0.3) is 17.0 Å². The second-order valence-corrected chi connectivity index (χ2v) is 3.77. The first-order valence-corrected chi connectivity index (χ1v) is 4.83. The van der Waals surface area contributed by atoms with E-state index in [0.717, 1.165) is 16.5 Å². The van der Waals surface area contributed by atoms with E-state index < -0.39 is 0 Å². The minimum absolute atomic E-state index is 0.620. The third-order valence-electron chi connectivity index (χ3n) is 1.99. The van der Waals surface area contributed by atoms with E-state index in [4.69, 9.17) is 23.2 Å². The molecule has 1 nitrogen and oxygen atoms in total. The minimum Gasteiger partial charge on any atom is -0.255 e. The second kappa shape index (κ2) is 3.60. The lowest BCUT2D eigenvalue weighted by atomic mass is 10.1. The van der Waals surface area contributed by atoms with E-state index in [2.05, 4.69) is 11.6 Å². The van der Waals surface area contributed by atoms with Gasteiger partial charge in [-0.2, -0.15) is 0 Å². The Labute approximate surface area is 92.0 Å². The third-order valence-corrected chi connectivity index (χ3v) is 2.52. The Balaban J connectivity index is 2.79. The van der Waals surface area contributed by atoms with E-state index >= 15 is 0 Å². The maximum absolute atomic E-state index is 6.00. The van der Waals surface area contributed by atoms with Crippen molar-refractivity contribution in [3.8, 4) is 0 Å². The smallest absolute Gasteiger partial charge is 0.0718 e. The van der Waals surface area contributed by atoms with Gasteiger partial charge in [-0.05, 0) is 23.8 Å². The van der Waals surface area contributed by atoms with Gasteiger partial charge in [-0.1, -0.05) is 35.9 Å². The predicted octanol–water partition coefficient (Wildman–Crippen LogP) is 4.18. The van der Waals surface area contributed by atoms with E-state index in [9.17, 15) is 0 Å². The summed E-state index contributed by atoms with van der Waals surface area (Å²) in [5, 5.41) is 2.24. The molecule has 14 heavy (non-hydrogen) atoms. The molecule has 0 aliphatic rings. The first kappa shape index (κ1) is 9.50. The van der Waals surface area contributed by atoms with Crippen molar-refractivity contribution in [1.29, 1.82) is 0 Å². The number of halogens is 2. The van der Waals surface area contributed by atoms with Gasteiger partial charge >= 0.3 is 0 Å². The number of fused-ring (bicyclic) bond motifs is 1. The maximum Gasteiger partial charge on any atom is 0.0718 e. The lowest BCUT2D eigenvalue weighted by Crippen LogP contribution is -1.81. The number of nitrogens with zero attached hydrogens (tertiary/aromatic N) is 1. The second-order valence-electron chi connectivity index (χ2n) is 2.92. The van der Waals surface area contributed by atoms with Crippen LogP contribution in [0, 0.1) is 0 Å². The van der Waals surface area contributed by atoms with Crippen molar-refractivity contribution in [3.63, 3.8) is 0 Å². The van der Waals surface area contributed by atoms with E-state index in [1.807, 2.05) is 18.2 Å². The monoisotopic (exact) mass is 223 g/mol. The van der Waals surface area contributed by atoms with Crippen LogP contribution in [0.15, 0.2) is 31.0 Å². The molecular formula is C11H7Cl2N. The van der Waals surface area contributed by atoms with Crippen LogP contribution in [0.4, 0.5) is 0 Å². The summed E-state index contributed by atoms with van der Waals surface area (Å²) in [6.07, 6.45) is 3.32. The molecular weight excluding hydrogens is 217 g/mol. The molecule has 3 heteroatoms. The van der Waals surface area contributed by atoms with Gasteiger partial charge in [-0.3, -0.25) is 4.98 Å². The van der Waals surface area contributed by atoms with Gasteiger partial charge in [0.15, 0.2) is 0 Å². The molecule has 2 aromatic rings. The zero-order chi connectivity index (χ0) is 10.1. The molecule has 0 spiro atoms. The summed E-state index contributed by atoms with van der Waals surface area (Å²) in [5.74, 6) is 0. The molecule has 0 amide bonds. The fourth-order valence-corrected chi connectivity index (χ4v) is 1.70. The molecule has 0 saturated carbocycles. The summed E-state index contributed by atoms with van der Waals surface area (Å²) in [6, 6.07) is 5.58. The molecule has 1 heterocycles. The van der Waals surface area contributed by atoms with Crippen LogP contribution in [0.3, 0.4) is 0 Å². The Morgan fingerprint density at radius 2 is 2.00 bits per heavy atom. The Hall–Kier alpha value is -1.05. The van der Waals surface area contributed by atoms with E-state index in [1.54, 1.807) is 12.3 Å². The van der Waals surface area contributed by atoms with Crippen LogP contribution in [0.5, 0.6) is 0 Å². The minimum atomic E-state index is 0.620. The fraction of sp³-hybridized carbons (Fsp3) is 0. The van der Waals surface area contributed by atoms with Crippen LogP contribution in [-0.4, -0.2) is 4.98 Å². The highest BCUT2D eigenvalue weighted by atomic mass is 35.5. The Morgan fingerprint density at radius 1 is 1.21 bits per heavy atom. The number of pyridine rings is 1. The number of aromatic nitrogens is 1. The Kier molecular flexibility index (Phi) is 2.44. The van der Waals surface area contributed by atoms with Crippen LogP contribution in [-0.2, 0) is 0 Å². The van der Waals surface area contributed by atoms with Crippen molar-refractivity contribution in [2.45, 2.75) is 0 Å². The summed E-state index contributed by atoms with van der Waals surface area (Å²) >= 11 is 11.8. The van der Waals surface area contributed by atoms with Gasteiger partial charge < -0.3 is 0 Å². The highest BCUT2D eigenvalue weighted by molar-refractivity contribution is 6.33. The molecule has 1 aromatic heterocycles. The van der Waals surface area contributed by atoms with Crippen molar-refractivity contribution in [2.24, 2.45) is 0 Å². The summed E-state index contributed by atoms with van der Waals surface area (Å²) in [4.78, 5) is 4.17. The van der Waals surface area contributed by atoms with Crippen LogP contribution < -0.4 is 0 Å². The van der Waals surface area contributed by atoms with Gasteiger partial charge in [-0.25, -0.2) is 0 Å². The molecule has 70 valence electrons. The average Bonchev–Trinajstić information content (AvgIpc) is 2.17. The topological polar surface area (TPSA) is 12.9 Å². The van der Waals surface area contributed by atoms with Crippen molar-refractivity contribution in [2.75, 3.05) is 0 Å². The number of benzene rings is 1. The largest absolute Gasteiger partial charge is 0.255 e. The van der Waals surface area contributed by atoms with Crippen LogP contribution in [0.2, 0.25) is 10.0 Å². The van der Waals surface area contributed by atoms with Gasteiger partial charge in [0.05, 0.1) is 10.5 Å². The van der Waals surface area contributed by atoms with Crippen molar-refractivity contribution in [1.82, 2.24) is 4.98 Å². The normalized spacial score (nSPS) is 10.4. The molecule has 0 bridgehead atoms. The lowest BCUT2D eigenvalue weighted by molar-refractivity contribution is 1.41. The standard InChI is InChI=1S/C11H7Cl2N/c1-2-7-3-8-4-9(12)6-14-11(8)5-10(7)13/h2-6H,1H2. The lowest BCUT2D eigenvalue weighted by Gasteiger charge is -2.02. The molecule has 0 fully saturated rings. The Bertz CT molecular complexity index is 506. The predicted molar refractivity (Wildman–Crippen MR) is 61.9 cm³/mol. The van der Waals surface area contributed by atoms with E-state index in [1.165, 1.54) is 0 Å². The van der Waals surface area contributed by atoms with Crippen LogP contribution >= 0.6 is 23.2 Å². The summed E-state index contributed by atoms with van der Waals surface area (Å²) in [5.41, 5.74) is 1.73. The summed E-state index contributed by atoms with van der Waals surface area (Å²) < 4.78 is 0. The first-order chi connectivity index (χ1) is 6.70. The van der Waals surface area contributed by atoms with Crippen molar-refractivity contribution < 1.29 is 0 Å². The molecule has 0 saturated heterocycles. The molecule has 0 unspecified atom stereocenters. The van der Waals surface area contributed by atoms with Crippen LogP contribution in [0.1, 0.15) is 5.56 Å². The third kappa shape index (κ3) is 1.61. The SMILES string of the molecule is C=Cc1cc2cc(Cl)cnc2cc1Cl. The summed E-state index contributed by atoms with van der Waals surface area (Å²) in [7, 11) is 0. The molecule has 0 radical (unpaired) electrons. The average molecular weight is 224 g/mol. The molecule has 0 aliphatic carbocycles. The van der Waals surface area contributed by atoms with Gasteiger partial charge in [0, 0.05) is 16.6 Å². The highest BCUT2D eigenvalue weighted by Crippen LogP contribution is 2.25. The van der Waals surface area contributed by atoms with Gasteiger partial charge in [-0.15, -0.1) is 0 Å². The molecule has 0 atom stereocenters.